The van der Waals surface area contributed by atoms with Crippen LogP contribution in [-0.2, 0) is 0 Å². The zero-order valence-corrected chi connectivity index (χ0v) is 26.7. The predicted octanol–water partition coefficient (Wildman–Crippen LogP) is 9.45. The van der Waals surface area contributed by atoms with Gasteiger partial charge in [0.1, 0.15) is 8.07 Å². The number of ketones is 1. The van der Waals surface area contributed by atoms with E-state index in [1.54, 1.807) is 0 Å². The van der Waals surface area contributed by atoms with Gasteiger partial charge in [-0.05, 0) is 77.3 Å². The molecule has 4 saturated carbocycles. The Kier molecular flexibility index (Phi) is 6.85. The minimum atomic E-state index is -2.38. The van der Waals surface area contributed by atoms with Crippen LogP contribution in [0.25, 0.3) is 10.8 Å². The molecule has 0 aliphatic heterocycles. The zero-order chi connectivity index (χ0) is 29.0. The standard InChI is InChI=1S/C40H46OSi/c1-38(2,3)42(35-19-9-5-10-20-35,36-21-11-6-12-22-36)29-40(34-17-7-4-8-18-34)28-30-26-39(40,27-30)37(41)33-24-23-31-15-13-14-16-32(31)25-33/h5-6,9-16,19-25,30,34H,4,7-8,17-18,26-29H2,1-3H3/t30?,39?,40-/m0/s1. The summed E-state index contributed by atoms with van der Waals surface area (Å²) in [5.74, 6) is 1.77. The van der Waals surface area contributed by atoms with Gasteiger partial charge in [0.2, 0.25) is 0 Å². The fourth-order valence-electron chi connectivity index (χ4n) is 10.2. The molecule has 216 valence electrons. The first-order chi connectivity index (χ1) is 20.3. The Bertz CT molecular complexity index is 1530. The van der Waals surface area contributed by atoms with Crippen molar-refractivity contribution in [1.29, 1.82) is 0 Å². The summed E-state index contributed by atoms with van der Waals surface area (Å²) >= 11 is 0. The minimum Gasteiger partial charge on any atom is -0.294 e. The van der Waals surface area contributed by atoms with Crippen LogP contribution in [-0.4, -0.2) is 13.9 Å². The summed E-state index contributed by atoms with van der Waals surface area (Å²) in [5, 5.41) is 5.57. The number of benzene rings is 4. The SMILES string of the molecule is CC(C)(C)[Si](C[C@]1(C2CCCCC2)CC2CC1(C(=O)c1ccc3ccccc3c1)C2)(c1ccccc1)c1ccccc1. The van der Waals surface area contributed by atoms with E-state index in [-0.39, 0.29) is 15.9 Å². The molecule has 0 saturated heterocycles. The fraction of sp³-hybridized carbons (Fsp3) is 0.425. The number of Topliss-reactive ketones (excluding diaryl/α,β-unsaturated/α-hetero) is 1. The molecule has 4 fully saturated rings. The average Bonchev–Trinajstić information content (AvgIpc) is 3.51. The van der Waals surface area contributed by atoms with Crippen molar-refractivity contribution >= 4 is 35.0 Å². The second-order valence-electron chi connectivity index (χ2n) is 15.0. The maximum Gasteiger partial charge on any atom is 0.169 e. The fourth-order valence-corrected chi connectivity index (χ4v) is 16.5. The van der Waals surface area contributed by atoms with Crippen molar-refractivity contribution in [2.75, 3.05) is 0 Å². The molecule has 8 rings (SSSR count). The second-order valence-corrected chi connectivity index (χ2v) is 19.8. The van der Waals surface area contributed by atoms with Gasteiger partial charge in [0.05, 0.1) is 0 Å². The Balaban J connectivity index is 1.43. The van der Waals surface area contributed by atoms with Gasteiger partial charge in [-0.25, -0.2) is 0 Å². The van der Waals surface area contributed by atoms with Crippen LogP contribution in [0, 0.1) is 22.7 Å². The van der Waals surface area contributed by atoms with Crippen molar-refractivity contribution in [1.82, 2.24) is 0 Å². The monoisotopic (exact) mass is 570 g/mol. The highest BCUT2D eigenvalue weighted by Crippen LogP contribution is 2.76. The van der Waals surface area contributed by atoms with E-state index in [0.29, 0.717) is 17.6 Å². The van der Waals surface area contributed by atoms with Crippen molar-refractivity contribution < 1.29 is 4.79 Å². The van der Waals surface area contributed by atoms with Crippen molar-refractivity contribution in [3.8, 4) is 0 Å². The lowest BCUT2D eigenvalue weighted by Crippen LogP contribution is -2.68. The van der Waals surface area contributed by atoms with Crippen molar-refractivity contribution in [3.63, 3.8) is 0 Å². The Morgan fingerprint density at radius 3 is 1.88 bits per heavy atom. The van der Waals surface area contributed by atoms with Gasteiger partial charge in [0.15, 0.2) is 5.78 Å². The number of rotatable bonds is 7. The Labute approximate surface area is 253 Å². The highest BCUT2D eigenvalue weighted by atomic mass is 28.3. The molecule has 4 aliphatic carbocycles. The molecule has 2 bridgehead atoms. The third-order valence-corrected chi connectivity index (χ3v) is 18.5. The molecule has 1 atom stereocenters. The second kappa shape index (κ2) is 10.3. The van der Waals surface area contributed by atoms with Crippen molar-refractivity contribution in [2.45, 2.75) is 83.2 Å². The maximum atomic E-state index is 15.1. The number of fused-ring (bicyclic) bond motifs is 2. The molecule has 0 aromatic heterocycles. The smallest absolute Gasteiger partial charge is 0.169 e. The number of carbonyl (C=O) groups is 1. The van der Waals surface area contributed by atoms with Crippen LogP contribution in [0.2, 0.25) is 11.1 Å². The van der Waals surface area contributed by atoms with E-state index >= 15 is 4.79 Å². The molecule has 1 nitrogen and oxygen atoms in total. The molecule has 0 spiro atoms. The molecule has 0 unspecified atom stereocenters. The van der Waals surface area contributed by atoms with Crippen LogP contribution in [0.1, 0.15) is 82.5 Å². The Morgan fingerprint density at radius 2 is 1.29 bits per heavy atom. The average molecular weight is 571 g/mol. The van der Waals surface area contributed by atoms with E-state index in [9.17, 15) is 0 Å². The van der Waals surface area contributed by atoms with Crippen LogP contribution in [0.15, 0.2) is 103 Å². The van der Waals surface area contributed by atoms with Crippen molar-refractivity contribution in [3.05, 3.63) is 109 Å². The van der Waals surface area contributed by atoms with E-state index in [2.05, 4.69) is 124 Å². The lowest BCUT2D eigenvalue weighted by Gasteiger charge is -2.57. The van der Waals surface area contributed by atoms with Crippen LogP contribution in [0.5, 0.6) is 0 Å². The number of hydrogen-bond acceptors (Lipinski definition) is 1. The lowest BCUT2D eigenvalue weighted by atomic mass is 9.52. The van der Waals surface area contributed by atoms with Gasteiger partial charge < -0.3 is 0 Å². The van der Waals surface area contributed by atoms with E-state index < -0.39 is 8.07 Å². The molecule has 4 aliphatic rings. The summed E-state index contributed by atoms with van der Waals surface area (Å²) in [7, 11) is -2.38. The maximum absolute atomic E-state index is 15.1. The summed E-state index contributed by atoms with van der Waals surface area (Å²) in [5.41, 5.74) is 0.748. The van der Waals surface area contributed by atoms with Gasteiger partial charge in [0.25, 0.3) is 0 Å². The van der Waals surface area contributed by atoms with Crippen LogP contribution in [0.4, 0.5) is 0 Å². The molecule has 4 aromatic carbocycles. The van der Waals surface area contributed by atoms with Gasteiger partial charge in [0, 0.05) is 11.0 Å². The Morgan fingerprint density at radius 1 is 0.714 bits per heavy atom. The zero-order valence-electron chi connectivity index (χ0n) is 25.7. The van der Waals surface area contributed by atoms with Crippen LogP contribution < -0.4 is 10.4 Å². The third kappa shape index (κ3) is 4.12. The first-order valence-electron chi connectivity index (χ1n) is 16.4. The molecule has 0 amide bonds. The first-order valence-corrected chi connectivity index (χ1v) is 18.6. The highest BCUT2D eigenvalue weighted by Gasteiger charge is 2.73. The lowest BCUT2D eigenvalue weighted by molar-refractivity contribution is 0.00106. The molecule has 2 heteroatoms. The normalized spacial score (nSPS) is 26.2. The largest absolute Gasteiger partial charge is 0.294 e. The van der Waals surface area contributed by atoms with Gasteiger partial charge in [-0.15, -0.1) is 0 Å². The molecule has 42 heavy (non-hydrogen) atoms. The molecule has 0 radical (unpaired) electrons. The van der Waals surface area contributed by atoms with E-state index in [1.165, 1.54) is 65.7 Å². The van der Waals surface area contributed by atoms with E-state index in [1.807, 2.05) is 0 Å². The minimum absolute atomic E-state index is 0.0476. The van der Waals surface area contributed by atoms with Gasteiger partial charge in [-0.3, -0.25) is 4.79 Å². The molecular formula is C40H46OSi. The number of carbonyl (C=O) groups excluding carboxylic acids is 1. The molecule has 0 N–H and O–H groups in total. The number of hydrogen-bond donors (Lipinski definition) is 0. The molecule has 0 heterocycles. The van der Waals surface area contributed by atoms with E-state index in [0.717, 1.165) is 18.4 Å². The molecular weight excluding hydrogens is 525 g/mol. The van der Waals surface area contributed by atoms with Gasteiger partial charge >= 0.3 is 0 Å². The third-order valence-electron chi connectivity index (χ3n) is 12.1. The van der Waals surface area contributed by atoms with Crippen molar-refractivity contribution in [2.24, 2.45) is 22.7 Å². The Hall–Kier alpha value is -2.97. The predicted molar refractivity (Wildman–Crippen MR) is 179 cm³/mol. The van der Waals surface area contributed by atoms with Crippen LogP contribution >= 0.6 is 0 Å². The van der Waals surface area contributed by atoms with E-state index in [4.69, 9.17) is 0 Å². The summed E-state index contributed by atoms with van der Waals surface area (Å²) in [4.78, 5) is 15.1. The quantitative estimate of drug-likeness (QED) is 0.160. The molecule has 4 aromatic rings. The van der Waals surface area contributed by atoms with Gasteiger partial charge in [-0.1, -0.05) is 147 Å². The van der Waals surface area contributed by atoms with Crippen LogP contribution in [0.3, 0.4) is 0 Å². The summed E-state index contributed by atoms with van der Waals surface area (Å²) in [6.45, 7) is 7.51. The summed E-state index contributed by atoms with van der Waals surface area (Å²) in [6.07, 6.45) is 9.98. The first kappa shape index (κ1) is 27.8. The topological polar surface area (TPSA) is 17.1 Å². The summed E-state index contributed by atoms with van der Waals surface area (Å²) < 4.78 is 0. The highest BCUT2D eigenvalue weighted by molar-refractivity contribution is 7.04. The van der Waals surface area contributed by atoms with Gasteiger partial charge in [-0.2, -0.15) is 0 Å². The summed E-state index contributed by atoms with van der Waals surface area (Å²) in [6, 6.07) is 39.3.